The Balaban J connectivity index is 1.81. The first kappa shape index (κ1) is 17.2. The fourth-order valence-corrected chi connectivity index (χ4v) is 2.14. The van der Waals surface area contributed by atoms with Gasteiger partial charge in [0.05, 0.1) is 0 Å². The summed E-state index contributed by atoms with van der Waals surface area (Å²) in [6.45, 7) is 3.42. The number of rotatable bonds is 8. The van der Waals surface area contributed by atoms with Crippen molar-refractivity contribution in [3.8, 4) is 0 Å². The highest BCUT2D eigenvalue weighted by molar-refractivity contribution is 6.30. The van der Waals surface area contributed by atoms with Crippen molar-refractivity contribution < 1.29 is 4.79 Å². The summed E-state index contributed by atoms with van der Waals surface area (Å²) in [6.07, 6.45) is 3.22. The van der Waals surface area contributed by atoms with Crippen LogP contribution in [0.2, 0.25) is 5.02 Å². The first-order chi connectivity index (χ1) is 11.2. The Kier molecular flexibility index (Phi) is 6.81. The van der Waals surface area contributed by atoms with Gasteiger partial charge in [-0.1, -0.05) is 43.5 Å². The topological polar surface area (TPSA) is 66.9 Å². The van der Waals surface area contributed by atoms with E-state index in [1.807, 2.05) is 24.3 Å². The van der Waals surface area contributed by atoms with E-state index in [1.165, 1.54) is 0 Å². The summed E-state index contributed by atoms with van der Waals surface area (Å²) in [5.41, 5.74) is 1.42. The average molecular weight is 333 g/mol. The number of carbonyl (C=O) groups excluding carboxylic acids is 1. The molecule has 0 atom stereocenters. The van der Waals surface area contributed by atoms with Crippen LogP contribution in [-0.4, -0.2) is 22.6 Å². The van der Waals surface area contributed by atoms with E-state index in [9.17, 15) is 4.79 Å². The van der Waals surface area contributed by atoms with Gasteiger partial charge >= 0.3 is 0 Å². The van der Waals surface area contributed by atoms with Crippen LogP contribution in [0.5, 0.6) is 0 Å². The largest absolute Gasteiger partial charge is 0.365 e. The molecule has 1 amide bonds. The van der Waals surface area contributed by atoms with Gasteiger partial charge in [0, 0.05) is 18.1 Å². The zero-order chi connectivity index (χ0) is 16.5. The van der Waals surface area contributed by atoms with Crippen LogP contribution >= 0.6 is 11.6 Å². The van der Waals surface area contributed by atoms with Gasteiger partial charge in [0.25, 0.3) is 5.91 Å². The van der Waals surface area contributed by atoms with Crippen molar-refractivity contribution in [1.29, 1.82) is 0 Å². The van der Waals surface area contributed by atoms with Crippen LogP contribution in [-0.2, 0) is 6.54 Å². The molecule has 122 valence electrons. The smallest absolute Gasteiger partial charge is 0.271 e. The molecule has 0 unspecified atom stereocenters. The molecular formula is C17H21ClN4O. The van der Waals surface area contributed by atoms with E-state index in [1.54, 1.807) is 12.1 Å². The van der Waals surface area contributed by atoms with Gasteiger partial charge in [-0.05, 0) is 36.2 Å². The molecule has 1 aromatic carbocycles. The molecule has 0 radical (unpaired) electrons. The van der Waals surface area contributed by atoms with E-state index in [-0.39, 0.29) is 5.91 Å². The van der Waals surface area contributed by atoms with E-state index in [2.05, 4.69) is 27.8 Å². The second-order valence-corrected chi connectivity index (χ2v) is 5.68. The van der Waals surface area contributed by atoms with E-state index in [0.717, 1.165) is 24.8 Å². The minimum Gasteiger partial charge on any atom is -0.365 e. The summed E-state index contributed by atoms with van der Waals surface area (Å²) in [5, 5.41) is 14.7. The number of anilines is 1. The highest BCUT2D eigenvalue weighted by atomic mass is 35.5. The quantitative estimate of drug-likeness (QED) is 0.724. The number of nitrogens with one attached hydrogen (secondary N) is 2. The SMILES string of the molecule is CCCCCNC(=O)c1ccc(NCc2ccc(Cl)cc2)nn1. The Morgan fingerprint density at radius 2 is 1.87 bits per heavy atom. The first-order valence-electron chi connectivity index (χ1n) is 7.79. The Morgan fingerprint density at radius 3 is 2.52 bits per heavy atom. The molecule has 2 rings (SSSR count). The molecule has 0 aliphatic rings. The van der Waals surface area contributed by atoms with Crippen LogP contribution < -0.4 is 10.6 Å². The Bertz CT molecular complexity index is 613. The summed E-state index contributed by atoms with van der Waals surface area (Å²) >= 11 is 5.85. The van der Waals surface area contributed by atoms with Crippen molar-refractivity contribution >= 4 is 23.3 Å². The van der Waals surface area contributed by atoms with Crippen molar-refractivity contribution in [1.82, 2.24) is 15.5 Å². The van der Waals surface area contributed by atoms with Crippen LogP contribution in [0.1, 0.15) is 42.2 Å². The van der Waals surface area contributed by atoms with Crippen LogP contribution in [0, 0.1) is 0 Å². The summed E-state index contributed by atoms with van der Waals surface area (Å²) in [4.78, 5) is 11.9. The standard InChI is InChI=1S/C17H21ClN4O/c1-2-3-4-11-19-17(23)15-9-10-16(22-21-15)20-12-13-5-7-14(18)8-6-13/h5-10H,2-4,11-12H2,1H3,(H,19,23)(H,20,22). The molecule has 6 heteroatoms. The molecule has 0 saturated carbocycles. The summed E-state index contributed by atoms with van der Waals surface area (Å²) in [5.74, 6) is 0.445. The van der Waals surface area contributed by atoms with Gasteiger partial charge in [0.15, 0.2) is 5.69 Å². The maximum atomic E-state index is 11.9. The third-order valence-corrected chi connectivity index (χ3v) is 3.60. The maximum Gasteiger partial charge on any atom is 0.271 e. The molecule has 0 saturated heterocycles. The van der Waals surface area contributed by atoms with Gasteiger partial charge in [-0.15, -0.1) is 10.2 Å². The predicted molar refractivity (Wildman–Crippen MR) is 92.7 cm³/mol. The summed E-state index contributed by atoms with van der Waals surface area (Å²) in [6, 6.07) is 11.0. The van der Waals surface area contributed by atoms with Gasteiger partial charge < -0.3 is 10.6 Å². The highest BCUT2D eigenvalue weighted by Gasteiger charge is 2.07. The number of amides is 1. The zero-order valence-corrected chi connectivity index (χ0v) is 13.9. The number of halogens is 1. The van der Waals surface area contributed by atoms with Gasteiger partial charge in [-0.3, -0.25) is 4.79 Å². The Morgan fingerprint density at radius 1 is 1.09 bits per heavy atom. The molecule has 0 bridgehead atoms. The van der Waals surface area contributed by atoms with Crippen LogP contribution in [0.4, 0.5) is 5.82 Å². The number of hydrogen-bond donors (Lipinski definition) is 2. The predicted octanol–water partition coefficient (Wildman–Crippen LogP) is 3.66. The molecule has 2 N–H and O–H groups in total. The lowest BCUT2D eigenvalue weighted by Gasteiger charge is -2.06. The monoisotopic (exact) mass is 332 g/mol. The minimum atomic E-state index is -0.183. The molecule has 2 aromatic rings. The van der Waals surface area contributed by atoms with Gasteiger partial charge in [0.2, 0.25) is 0 Å². The highest BCUT2D eigenvalue weighted by Crippen LogP contribution is 2.11. The van der Waals surface area contributed by atoms with Crippen molar-refractivity contribution in [3.05, 3.63) is 52.7 Å². The molecule has 5 nitrogen and oxygen atoms in total. The Hall–Kier alpha value is -2.14. The molecule has 0 spiro atoms. The number of hydrogen-bond acceptors (Lipinski definition) is 4. The molecular weight excluding hydrogens is 312 g/mol. The van der Waals surface area contributed by atoms with Gasteiger partial charge in [-0.25, -0.2) is 0 Å². The van der Waals surface area contributed by atoms with E-state index < -0.39 is 0 Å². The van der Waals surface area contributed by atoms with E-state index >= 15 is 0 Å². The maximum absolute atomic E-state index is 11.9. The minimum absolute atomic E-state index is 0.183. The molecule has 1 aromatic heterocycles. The number of benzene rings is 1. The number of nitrogens with zero attached hydrogens (tertiary/aromatic N) is 2. The summed E-state index contributed by atoms with van der Waals surface area (Å²) < 4.78 is 0. The van der Waals surface area contributed by atoms with Gasteiger partial charge in [0.1, 0.15) is 5.82 Å². The lowest BCUT2D eigenvalue weighted by Crippen LogP contribution is -2.25. The average Bonchev–Trinajstić information content (AvgIpc) is 2.58. The lowest BCUT2D eigenvalue weighted by molar-refractivity contribution is 0.0947. The second kappa shape index (κ2) is 9.10. The molecule has 0 fully saturated rings. The number of carbonyl (C=O) groups is 1. The third-order valence-electron chi connectivity index (χ3n) is 3.35. The number of unbranched alkanes of at least 4 members (excludes halogenated alkanes) is 2. The zero-order valence-electron chi connectivity index (χ0n) is 13.2. The van der Waals surface area contributed by atoms with E-state index in [4.69, 9.17) is 11.6 Å². The lowest BCUT2D eigenvalue weighted by atomic mass is 10.2. The van der Waals surface area contributed by atoms with E-state index in [0.29, 0.717) is 29.6 Å². The first-order valence-corrected chi connectivity index (χ1v) is 8.17. The molecule has 23 heavy (non-hydrogen) atoms. The number of aromatic nitrogens is 2. The van der Waals surface area contributed by atoms with Crippen LogP contribution in [0.3, 0.4) is 0 Å². The van der Waals surface area contributed by atoms with Gasteiger partial charge in [-0.2, -0.15) is 0 Å². The van der Waals surface area contributed by atoms with Crippen LogP contribution in [0.15, 0.2) is 36.4 Å². The molecule has 0 aliphatic heterocycles. The summed E-state index contributed by atoms with van der Waals surface area (Å²) in [7, 11) is 0. The molecule has 1 heterocycles. The Labute approximate surface area is 141 Å². The third kappa shape index (κ3) is 5.87. The second-order valence-electron chi connectivity index (χ2n) is 5.25. The van der Waals surface area contributed by atoms with Crippen molar-refractivity contribution in [2.45, 2.75) is 32.7 Å². The van der Waals surface area contributed by atoms with Crippen molar-refractivity contribution in [3.63, 3.8) is 0 Å². The fourth-order valence-electron chi connectivity index (χ4n) is 2.01. The van der Waals surface area contributed by atoms with Crippen molar-refractivity contribution in [2.24, 2.45) is 0 Å². The van der Waals surface area contributed by atoms with Crippen LogP contribution in [0.25, 0.3) is 0 Å². The normalized spacial score (nSPS) is 10.3. The fraction of sp³-hybridized carbons (Fsp3) is 0.353. The molecule has 0 aliphatic carbocycles. The van der Waals surface area contributed by atoms with Crippen molar-refractivity contribution in [2.75, 3.05) is 11.9 Å².